The third-order valence-electron chi connectivity index (χ3n) is 2.73. The van der Waals surface area contributed by atoms with Gasteiger partial charge in [-0.1, -0.05) is 6.42 Å². The number of sulfonamides is 1. The van der Waals surface area contributed by atoms with Crippen molar-refractivity contribution >= 4 is 10.0 Å². The van der Waals surface area contributed by atoms with Crippen molar-refractivity contribution in [2.24, 2.45) is 0 Å². The molecule has 0 atom stereocenters. The maximum atomic E-state index is 11.8. The van der Waals surface area contributed by atoms with E-state index in [1.807, 2.05) is 0 Å². The lowest BCUT2D eigenvalue weighted by molar-refractivity contribution is 0.197. The van der Waals surface area contributed by atoms with Gasteiger partial charge in [-0.3, -0.25) is 0 Å². The van der Waals surface area contributed by atoms with Gasteiger partial charge in [0.15, 0.2) is 0 Å². The standard InChI is InChI=1S/C9H19NO4S/c11-6-2-5-10(9-3-1-4-9)15(13,14)8-7-12/h9,11-12H,1-8H2. The number of rotatable bonds is 7. The molecule has 1 saturated carbocycles. The van der Waals surface area contributed by atoms with Gasteiger partial charge in [0.05, 0.1) is 12.4 Å². The summed E-state index contributed by atoms with van der Waals surface area (Å²) in [6.45, 7) is 0.0199. The first-order valence-corrected chi connectivity index (χ1v) is 6.94. The molecule has 0 amide bonds. The Labute approximate surface area is 90.8 Å². The van der Waals surface area contributed by atoms with Gasteiger partial charge in [-0.25, -0.2) is 8.42 Å². The van der Waals surface area contributed by atoms with Gasteiger partial charge in [0.25, 0.3) is 0 Å². The third kappa shape index (κ3) is 3.41. The van der Waals surface area contributed by atoms with Crippen molar-refractivity contribution in [3.8, 4) is 0 Å². The summed E-state index contributed by atoms with van der Waals surface area (Å²) in [5.74, 6) is -0.213. The summed E-state index contributed by atoms with van der Waals surface area (Å²) in [5.41, 5.74) is 0. The molecule has 1 fully saturated rings. The van der Waals surface area contributed by atoms with Crippen LogP contribution < -0.4 is 0 Å². The smallest absolute Gasteiger partial charge is 0.216 e. The molecule has 1 aliphatic carbocycles. The molecule has 0 spiro atoms. The molecule has 0 aliphatic heterocycles. The second kappa shape index (κ2) is 5.79. The largest absolute Gasteiger partial charge is 0.396 e. The lowest BCUT2D eigenvalue weighted by atomic mass is 9.93. The van der Waals surface area contributed by atoms with Gasteiger partial charge < -0.3 is 10.2 Å². The fourth-order valence-corrected chi connectivity index (χ4v) is 3.22. The first kappa shape index (κ1) is 12.9. The van der Waals surface area contributed by atoms with Crippen LogP contribution >= 0.6 is 0 Å². The lowest BCUT2D eigenvalue weighted by Gasteiger charge is -2.36. The monoisotopic (exact) mass is 237 g/mol. The van der Waals surface area contributed by atoms with E-state index in [2.05, 4.69) is 0 Å². The quantitative estimate of drug-likeness (QED) is 0.628. The minimum absolute atomic E-state index is 0.00212. The van der Waals surface area contributed by atoms with Crippen molar-refractivity contribution in [3.05, 3.63) is 0 Å². The molecule has 15 heavy (non-hydrogen) atoms. The molecule has 0 unspecified atom stereocenters. The molecule has 0 radical (unpaired) electrons. The predicted octanol–water partition coefficient (Wildman–Crippen LogP) is -0.455. The fourth-order valence-electron chi connectivity index (χ4n) is 1.68. The molecule has 1 rings (SSSR count). The van der Waals surface area contributed by atoms with E-state index in [9.17, 15) is 8.42 Å². The molecule has 5 nitrogen and oxygen atoms in total. The molecule has 0 aromatic rings. The SMILES string of the molecule is O=S(=O)(CCO)N(CCCO)C1CCC1. The van der Waals surface area contributed by atoms with Crippen molar-refractivity contribution in [2.75, 3.05) is 25.5 Å². The van der Waals surface area contributed by atoms with E-state index in [-0.39, 0.29) is 25.0 Å². The maximum Gasteiger partial charge on any atom is 0.216 e. The predicted molar refractivity (Wildman–Crippen MR) is 56.9 cm³/mol. The zero-order valence-corrected chi connectivity index (χ0v) is 9.62. The number of nitrogens with zero attached hydrogens (tertiary/aromatic N) is 1. The highest BCUT2D eigenvalue weighted by atomic mass is 32.2. The van der Waals surface area contributed by atoms with Crippen LogP contribution in [-0.4, -0.2) is 54.5 Å². The van der Waals surface area contributed by atoms with Crippen LogP contribution in [0.5, 0.6) is 0 Å². The van der Waals surface area contributed by atoms with Gasteiger partial charge in [0, 0.05) is 19.2 Å². The molecule has 6 heteroatoms. The Hall–Kier alpha value is -0.170. The van der Waals surface area contributed by atoms with Crippen molar-refractivity contribution in [2.45, 2.75) is 31.7 Å². The van der Waals surface area contributed by atoms with Gasteiger partial charge in [0.1, 0.15) is 0 Å². The van der Waals surface area contributed by atoms with Crippen LogP contribution in [0.2, 0.25) is 0 Å². The van der Waals surface area contributed by atoms with Crippen molar-refractivity contribution in [3.63, 3.8) is 0 Å². The Morgan fingerprint density at radius 2 is 1.87 bits per heavy atom. The first-order valence-electron chi connectivity index (χ1n) is 5.33. The van der Waals surface area contributed by atoms with Crippen LogP contribution in [0.4, 0.5) is 0 Å². The van der Waals surface area contributed by atoms with Gasteiger partial charge >= 0.3 is 0 Å². The van der Waals surface area contributed by atoms with E-state index in [4.69, 9.17) is 10.2 Å². The van der Waals surface area contributed by atoms with E-state index < -0.39 is 10.0 Å². The minimum Gasteiger partial charge on any atom is -0.396 e. The van der Waals surface area contributed by atoms with Gasteiger partial charge in [-0.05, 0) is 19.3 Å². The maximum absolute atomic E-state index is 11.8. The lowest BCUT2D eigenvalue weighted by Crippen LogP contribution is -2.46. The van der Waals surface area contributed by atoms with E-state index in [1.165, 1.54) is 4.31 Å². The molecule has 0 heterocycles. The molecule has 2 N–H and O–H groups in total. The van der Waals surface area contributed by atoms with Gasteiger partial charge in [-0.15, -0.1) is 0 Å². The van der Waals surface area contributed by atoms with E-state index >= 15 is 0 Å². The van der Waals surface area contributed by atoms with E-state index in [0.717, 1.165) is 19.3 Å². The molecule has 0 aromatic carbocycles. The van der Waals surface area contributed by atoms with Gasteiger partial charge in [-0.2, -0.15) is 4.31 Å². The number of hydrogen-bond acceptors (Lipinski definition) is 4. The molecular formula is C9H19NO4S. The molecule has 0 saturated heterocycles. The highest BCUT2D eigenvalue weighted by molar-refractivity contribution is 7.89. The van der Waals surface area contributed by atoms with Crippen LogP contribution in [0.15, 0.2) is 0 Å². The average molecular weight is 237 g/mol. The second-order valence-corrected chi connectivity index (χ2v) is 5.85. The number of hydrogen-bond donors (Lipinski definition) is 2. The van der Waals surface area contributed by atoms with Crippen molar-refractivity contribution in [1.29, 1.82) is 0 Å². The Balaban J connectivity index is 2.61. The van der Waals surface area contributed by atoms with Crippen LogP contribution in [0, 0.1) is 0 Å². The number of aliphatic hydroxyl groups excluding tert-OH is 2. The summed E-state index contributed by atoms with van der Waals surface area (Å²) in [7, 11) is -3.33. The highest BCUT2D eigenvalue weighted by Gasteiger charge is 2.32. The zero-order chi connectivity index (χ0) is 11.3. The average Bonchev–Trinajstić information content (AvgIpc) is 2.08. The summed E-state index contributed by atoms with van der Waals surface area (Å²) in [6, 6.07) is 0.0908. The summed E-state index contributed by atoms with van der Waals surface area (Å²) in [6.07, 6.45) is 3.32. The highest BCUT2D eigenvalue weighted by Crippen LogP contribution is 2.27. The Bertz CT molecular complexity index is 274. The molecule has 1 aliphatic rings. The first-order chi connectivity index (χ1) is 7.11. The minimum atomic E-state index is -3.33. The second-order valence-electron chi connectivity index (χ2n) is 3.81. The summed E-state index contributed by atoms with van der Waals surface area (Å²) >= 11 is 0. The fraction of sp³-hybridized carbons (Fsp3) is 1.00. The Morgan fingerprint density at radius 3 is 2.27 bits per heavy atom. The van der Waals surface area contributed by atoms with Crippen LogP contribution in [0.25, 0.3) is 0 Å². The normalized spacial score (nSPS) is 18.1. The van der Waals surface area contributed by atoms with Crippen LogP contribution in [0.3, 0.4) is 0 Å². The summed E-state index contributed by atoms with van der Waals surface area (Å²) in [4.78, 5) is 0. The van der Waals surface area contributed by atoms with Crippen molar-refractivity contribution in [1.82, 2.24) is 4.31 Å². The molecule has 0 bridgehead atoms. The zero-order valence-electron chi connectivity index (χ0n) is 8.80. The molecular weight excluding hydrogens is 218 g/mol. The molecule has 90 valence electrons. The molecule has 0 aromatic heterocycles. The van der Waals surface area contributed by atoms with E-state index in [0.29, 0.717) is 13.0 Å². The topological polar surface area (TPSA) is 77.8 Å². The summed E-state index contributed by atoms with van der Waals surface area (Å²) in [5, 5.41) is 17.4. The summed E-state index contributed by atoms with van der Waals surface area (Å²) < 4.78 is 25.0. The van der Waals surface area contributed by atoms with E-state index in [1.54, 1.807) is 0 Å². The van der Waals surface area contributed by atoms with Crippen LogP contribution in [0.1, 0.15) is 25.7 Å². The van der Waals surface area contributed by atoms with Crippen molar-refractivity contribution < 1.29 is 18.6 Å². The third-order valence-corrected chi connectivity index (χ3v) is 4.62. The number of aliphatic hydroxyl groups is 2. The Kier molecular flexibility index (Phi) is 4.98. The van der Waals surface area contributed by atoms with Gasteiger partial charge in [0.2, 0.25) is 10.0 Å². The Morgan fingerprint density at radius 1 is 1.20 bits per heavy atom. The van der Waals surface area contributed by atoms with Crippen LogP contribution in [-0.2, 0) is 10.0 Å².